The highest BCUT2D eigenvalue weighted by Gasteiger charge is 2.40. The average Bonchev–Trinajstić information content (AvgIpc) is 3.25. The third-order valence-corrected chi connectivity index (χ3v) is 7.79. The van der Waals surface area contributed by atoms with Crippen molar-refractivity contribution in [2.24, 2.45) is 0 Å². The monoisotopic (exact) mass is 591 g/mol. The third-order valence-electron chi connectivity index (χ3n) is 6.00. The Morgan fingerprint density at radius 3 is 2.37 bits per heavy atom. The van der Waals surface area contributed by atoms with Gasteiger partial charge < -0.3 is 14.8 Å². The number of hydrogen-bond acceptors (Lipinski definition) is 6. The number of amides is 2. The van der Waals surface area contributed by atoms with Crippen molar-refractivity contribution in [2.75, 3.05) is 25.7 Å². The van der Waals surface area contributed by atoms with Crippen molar-refractivity contribution in [3.05, 3.63) is 99.0 Å². The Morgan fingerprint density at radius 2 is 1.71 bits per heavy atom. The van der Waals surface area contributed by atoms with Crippen molar-refractivity contribution in [2.45, 2.75) is 18.1 Å². The second-order valence-electron chi connectivity index (χ2n) is 8.43. The first-order valence-electron chi connectivity index (χ1n) is 11.9. The molecule has 2 amide bonds. The normalized spacial score (nSPS) is 16.1. The minimum absolute atomic E-state index is 0.0854. The van der Waals surface area contributed by atoms with E-state index in [0.717, 1.165) is 15.6 Å². The van der Waals surface area contributed by atoms with Gasteiger partial charge in [0.2, 0.25) is 5.91 Å². The number of benzene rings is 3. The topological polar surface area (TPSA) is 91.7 Å². The van der Waals surface area contributed by atoms with E-state index in [1.165, 1.54) is 16.7 Å². The Morgan fingerprint density at radius 1 is 1.03 bits per heavy atom. The number of thioether (sulfide) groups is 1. The van der Waals surface area contributed by atoms with E-state index in [1.54, 1.807) is 26.4 Å². The van der Waals surface area contributed by atoms with E-state index in [1.807, 2.05) is 66.7 Å². The van der Waals surface area contributed by atoms with Crippen LogP contribution in [0, 0.1) is 11.3 Å². The van der Waals surface area contributed by atoms with Gasteiger partial charge in [-0.25, -0.2) is 0 Å². The lowest BCUT2D eigenvalue weighted by atomic mass is 10.1. The van der Waals surface area contributed by atoms with Gasteiger partial charge in [0, 0.05) is 16.7 Å². The molecule has 7 nitrogen and oxygen atoms in total. The zero-order chi connectivity index (χ0) is 27.1. The smallest absolute Gasteiger partial charge is 0.264 e. The number of ether oxygens (including phenoxy) is 2. The van der Waals surface area contributed by atoms with Crippen LogP contribution in [0.3, 0.4) is 0 Å². The molecular weight excluding hydrogens is 566 g/mol. The quantitative estimate of drug-likeness (QED) is 0.270. The Kier molecular flexibility index (Phi) is 9.10. The first kappa shape index (κ1) is 27.3. The Bertz CT molecular complexity index is 1390. The third kappa shape index (κ3) is 6.21. The lowest BCUT2D eigenvalue weighted by Gasteiger charge is -2.18. The van der Waals surface area contributed by atoms with E-state index in [-0.39, 0.29) is 11.5 Å². The van der Waals surface area contributed by atoms with Crippen LogP contribution in [0.5, 0.6) is 11.5 Å². The molecule has 0 radical (unpaired) electrons. The van der Waals surface area contributed by atoms with Gasteiger partial charge in [0.05, 0.1) is 19.5 Å². The molecule has 1 N–H and O–H groups in total. The molecule has 3 aromatic rings. The summed E-state index contributed by atoms with van der Waals surface area (Å²) in [4.78, 5) is 28.2. The summed E-state index contributed by atoms with van der Waals surface area (Å²) in [6.07, 6.45) is 1.00. The molecule has 4 rings (SSSR count). The van der Waals surface area contributed by atoms with E-state index in [9.17, 15) is 14.9 Å². The summed E-state index contributed by atoms with van der Waals surface area (Å²) in [6.45, 7) is 0.305. The number of rotatable bonds is 9. The number of para-hydroxylation sites is 1. The number of halogens is 1. The van der Waals surface area contributed by atoms with E-state index >= 15 is 0 Å². The highest BCUT2D eigenvalue weighted by molar-refractivity contribution is 9.10. The molecule has 3 aromatic carbocycles. The van der Waals surface area contributed by atoms with Crippen LogP contribution < -0.4 is 19.7 Å². The van der Waals surface area contributed by atoms with Crippen molar-refractivity contribution in [1.29, 1.82) is 5.26 Å². The summed E-state index contributed by atoms with van der Waals surface area (Å²) < 4.78 is 11.6. The standard InChI is InChI=1S/C29H26BrN3O4S/c1-36-24-13-10-20(16-25(24)37-2)14-15-32-27(34)23(18-31)29-33(22-6-4-3-5-7-22)28(35)26(38-29)17-19-8-11-21(30)12-9-19/h3-13,16,26H,14-15,17H2,1-2H3,(H,32,34). The molecular formula is C29H26BrN3O4S. The molecule has 1 fully saturated rings. The van der Waals surface area contributed by atoms with Crippen molar-refractivity contribution in [1.82, 2.24) is 5.32 Å². The molecule has 0 aliphatic carbocycles. The van der Waals surface area contributed by atoms with Gasteiger partial charge in [0.15, 0.2) is 11.5 Å². The van der Waals surface area contributed by atoms with Crippen molar-refractivity contribution in [3.8, 4) is 17.6 Å². The Balaban J connectivity index is 1.55. The predicted molar refractivity (Wildman–Crippen MR) is 152 cm³/mol. The van der Waals surface area contributed by atoms with Crippen molar-refractivity contribution >= 4 is 45.2 Å². The van der Waals surface area contributed by atoms with Gasteiger partial charge in [0.25, 0.3) is 5.91 Å². The number of hydrogen-bond donors (Lipinski definition) is 1. The first-order chi connectivity index (χ1) is 18.4. The first-order valence-corrected chi connectivity index (χ1v) is 13.6. The molecule has 1 atom stereocenters. The van der Waals surface area contributed by atoms with Gasteiger partial charge in [-0.2, -0.15) is 5.26 Å². The van der Waals surface area contributed by atoms with Crippen LogP contribution >= 0.6 is 27.7 Å². The molecule has 1 saturated heterocycles. The highest BCUT2D eigenvalue weighted by atomic mass is 79.9. The number of anilines is 1. The molecule has 0 bridgehead atoms. The van der Waals surface area contributed by atoms with Crippen LogP contribution in [0.1, 0.15) is 11.1 Å². The molecule has 0 spiro atoms. The van der Waals surface area contributed by atoms with Crippen LogP contribution in [0.15, 0.2) is 87.9 Å². The molecule has 1 aliphatic rings. The van der Waals surface area contributed by atoms with Crippen LogP contribution in [-0.2, 0) is 22.4 Å². The fraction of sp³-hybridized carbons (Fsp3) is 0.207. The molecule has 1 aliphatic heterocycles. The fourth-order valence-electron chi connectivity index (χ4n) is 4.08. The summed E-state index contributed by atoms with van der Waals surface area (Å²) in [6, 6.07) is 24.5. The number of carbonyl (C=O) groups is 2. The molecule has 9 heteroatoms. The zero-order valence-electron chi connectivity index (χ0n) is 20.9. The summed E-state index contributed by atoms with van der Waals surface area (Å²) in [5.74, 6) is 0.546. The zero-order valence-corrected chi connectivity index (χ0v) is 23.3. The van der Waals surface area contributed by atoms with Crippen LogP contribution in [0.25, 0.3) is 0 Å². The molecule has 1 heterocycles. The van der Waals surface area contributed by atoms with Gasteiger partial charge >= 0.3 is 0 Å². The summed E-state index contributed by atoms with van der Waals surface area (Å²) in [5, 5.41) is 12.7. The molecule has 0 aromatic heterocycles. The van der Waals surface area contributed by atoms with E-state index in [0.29, 0.717) is 41.6 Å². The van der Waals surface area contributed by atoms with Crippen molar-refractivity contribution in [3.63, 3.8) is 0 Å². The van der Waals surface area contributed by atoms with Gasteiger partial charge in [-0.1, -0.05) is 64.1 Å². The maximum Gasteiger partial charge on any atom is 0.264 e. The van der Waals surface area contributed by atoms with Gasteiger partial charge in [-0.05, 0) is 60.4 Å². The molecule has 1 unspecified atom stereocenters. The Labute approximate surface area is 234 Å². The fourth-order valence-corrected chi connectivity index (χ4v) is 5.65. The summed E-state index contributed by atoms with van der Waals surface area (Å²) in [5.41, 5.74) is 2.47. The van der Waals surface area contributed by atoms with Crippen LogP contribution in [0.4, 0.5) is 5.69 Å². The molecule has 194 valence electrons. The number of nitriles is 1. The van der Waals surface area contributed by atoms with E-state index in [4.69, 9.17) is 9.47 Å². The number of nitrogens with zero attached hydrogens (tertiary/aromatic N) is 2. The maximum atomic E-state index is 13.5. The Hall–Kier alpha value is -3.74. The highest BCUT2D eigenvalue weighted by Crippen LogP contribution is 2.42. The lowest BCUT2D eigenvalue weighted by molar-refractivity contribution is -0.117. The minimum Gasteiger partial charge on any atom is -0.493 e. The summed E-state index contributed by atoms with van der Waals surface area (Å²) >= 11 is 4.68. The minimum atomic E-state index is -0.520. The van der Waals surface area contributed by atoms with Crippen LogP contribution in [0.2, 0.25) is 0 Å². The predicted octanol–water partition coefficient (Wildman–Crippen LogP) is 5.25. The van der Waals surface area contributed by atoms with Crippen LogP contribution in [-0.4, -0.2) is 37.8 Å². The van der Waals surface area contributed by atoms with Gasteiger partial charge in [-0.15, -0.1) is 0 Å². The number of carbonyl (C=O) groups excluding carboxylic acids is 2. The van der Waals surface area contributed by atoms with Gasteiger partial charge in [0.1, 0.15) is 16.7 Å². The maximum absolute atomic E-state index is 13.5. The summed E-state index contributed by atoms with van der Waals surface area (Å²) in [7, 11) is 3.14. The average molecular weight is 593 g/mol. The molecule has 38 heavy (non-hydrogen) atoms. The number of methoxy groups -OCH3 is 2. The SMILES string of the molecule is COc1ccc(CCNC(=O)C(C#N)=C2SC(Cc3ccc(Br)cc3)C(=O)N2c2ccccc2)cc1OC. The molecule has 0 saturated carbocycles. The van der Waals surface area contributed by atoms with Crippen molar-refractivity contribution < 1.29 is 19.1 Å². The van der Waals surface area contributed by atoms with E-state index in [2.05, 4.69) is 21.2 Å². The number of nitrogens with one attached hydrogen (secondary N) is 1. The second-order valence-corrected chi connectivity index (χ2v) is 10.5. The largest absolute Gasteiger partial charge is 0.493 e. The van der Waals surface area contributed by atoms with E-state index < -0.39 is 11.2 Å². The second kappa shape index (κ2) is 12.7. The lowest BCUT2D eigenvalue weighted by Crippen LogP contribution is -2.32. The van der Waals surface area contributed by atoms with Gasteiger partial charge in [-0.3, -0.25) is 14.5 Å².